The summed E-state index contributed by atoms with van der Waals surface area (Å²) in [5, 5.41) is 9.19. The maximum Gasteiger partial charge on any atom is 0.306 e. The fourth-order valence-corrected chi connectivity index (χ4v) is 2.97. The number of aryl methyl sites for hydroxylation is 1. The lowest BCUT2D eigenvalue weighted by Crippen LogP contribution is -2.20. The minimum Gasteiger partial charge on any atom is -0.497 e. The van der Waals surface area contributed by atoms with Crippen molar-refractivity contribution in [2.45, 2.75) is 32.6 Å². The minimum absolute atomic E-state index is 0.170. The Morgan fingerprint density at radius 2 is 2.17 bits per heavy atom. The summed E-state index contributed by atoms with van der Waals surface area (Å²) in [6, 6.07) is 6.14. The van der Waals surface area contributed by atoms with E-state index >= 15 is 0 Å². The van der Waals surface area contributed by atoms with E-state index in [2.05, 4.69) is 6.07 Å². The summed E-state index contributed by atoms with van der Waals surface area (Å²) in [4.78, 5) is 11.2. The van der Waals surface area contributed by atoms with Crippen LogP contribution in [0.25, 0.3) is 0 Å². The van der Waals surface area contributed by atoms with Gasteiger partial charge in [-0.2, -0.15) is 0 Å². The second-order valence-electron chi connectivity index (χ2n) is 5.20. The highest BCUT2D eigenvalue weighted by Crippen LogP contribution is 2.35. The molecule has 0 bridgehead atoms. The van der Waals surface area contributed by atoms with Gasteiger partial charge in [-0.25, -0.2) is 0 Å². The Morgan fingerprint density at radius 3 is 2.83 bits per heavy atom. The molecule has 98 valence electrons. The van der Waals surface area contributed by atoms with Crippen LogP contribution in [0.15, 0.2) is 18.2 Å². The van der Waals surface area contributed by atoms with Crippen molar-refractivity contribution in [2.75, 3.05) is 7.11 Å². The molecule has 1 fully saturated rings. The SMILES string of the molecule is COc1cc(C)cc(CC2CCCC2C(=O)O)c1. The summed E-state index contributed by atoms with van der Waals surface area (Å²) in [6.45, 7) is 2.04. The van der Waals surface area contributed by atoms with Crippen molar-refractivity contribution in [3.05, 3.63) is 29.3 Å². The van der Waals surface area contributed by atoms with Crippen LogP contribution < -0.4 is 4.74 Å². The summed E-state index contributed by atoms with van der Waals surface area (Å²) in [5.74, 6) is 0.317. The Labute approximate surface area is 108 Å². The smallest absolute Gasteiger partial charge is 0.306 e. The van der Waals surface area contributed by atoms with E-state index in [0.29, 0.717) is 0 Å². The largest absolute Gasteiger partial charge is 0.497 e. The Morgan fingerprint density at radius 1 is 1.39 bits per heavy atom. The van der Waals surface area contributed by atoms with E-state index in [4.69, 9.17) is 4.74 Å². The average molecular weight is 248 g/mol. The van der Waals surface area contributed by atoms with Gasteiger partial charge < -0.3 is 9.84 Å². The van der Waals surface area contributed by atoms with Crippen LogP contribution in [0.3, 0.4) is 0 Å². The van der Waals surface area contributed by atoms with E-state index < -0.39 is 5.97 Å². The van der Waals surface area contributed by atoms with Crippen LogP contribution in [0, 0.1) is 18.8 Å². The number of ether oxygens (including phenoxy) is 1. The van der Waals surface area contributed by atoms with Crippen LogP contribution in [-0.2, 0) is 11.2 Å². The van der Waals surface area contributed by atoms with Crippen molar-refractivity contribution in [2.24, 2.45) is 11.8 Å². The highest BCUT2D eigenvalue weighted by Gasteiger charge is 2.32. The van der Waals surface area contributed by atoms with E-state index in [-0.39, 0.29) is 11.8 Å². The van der Waals surface area contributed by atoms with Crippen LogP contribution in [0.2, 0.25) is 0 Å². The molecule has 0 heterocycles. The van der Waals surface area contributed by atoms with Crippen molar-refractivity contribution in [1.82, 2.24) is 0 Å². The second-order valence-corrected chi connectivity index (χ2v) is 5.20. The molecule has 1 aromatic rings. The molecule has 0 aliphatic heterocycles. The molecule has 1 aromatic carbocycles. The average Bonchev–Trinajstić information content (AvgIpc) is 2.76. The molecule has 2 atom stereocenters. The van der Waals surface area contributed by atoms with Gasteiger partial charge in [-0.3, -0.25) is 4.79 Å². The lowest BCUT2D eigenvalue weighted by Gasteiger charge is -2.16. The van der Waals surface area contributed by atoms with E-state index in [9.17, 15) is 9.90 Å². The molecule has 0 radical (unpaired) electrons. The Kier molecular flexibility index (Phi) is 3.90. The second kappa shape index (κ2) is 5.42. The lowest BCUT2D eigenvalue weighted by atomic mass is 9.89. The lowest BCUT2D eigenvalue weighted by molar-refractivity contribution is -0.142. The van der Waals surface area contributed by atoms with Crippen LogP contribution in [0.4, 0.5) is 0 Å². The Balaban J connectivity index is 2.13. The molecule has 2 unspecified atom stereocenters. The molecule has 1 aliphatic rings. The Hall–Kier alpha value is -1.51. The van der Waals surface area contributed by atoms with E-state index in [0.717, 1.165) is 37.0 Å². The molecule has 3 heteroatoms. The summed E-state index contributed by atoms with van der Waals surface area (Å²) in [6.07, 6.45) is 3.72. The van der Waals surface area contributed by atoms with Crippen molar-refractivity contribution in [3.63, 3.8) is 0 Å². The van der Waals surface area contributed by atoms with Crippen LogP contribution in [-0.4, -0.2) is 18.2 Å². The summed E-state index contributed by atoms with van der Waals surface area (Å²) < 4.78 is 5.26. The molecular weight excluding hydrogens is 228 g/mol. The topological polar surface area (TPSA) is 46.5 Å². The molecule has 0 saturated heterocycles. The van der Waals surface area contributed by atoms with Crippen molar-refractivity contribution in [3.8, 4) is 5.75 Å². The number of rotatable bonds is 4. The number of methoxy groups -OCH3 is 1. The highest BCUT2D eigenvalue weighted by molar-refractivity contribution is 5.70. The number of carboxylic acid groups (broad SMARTS) is 1. The standard InChI is InChI=1S/C15H20O3/c1-10-6-11(9-13(7-10)18-2)8-12-4-3-5-14(12)15(16)17/h6-7,9,12,14H,3-5,8H2,1-2H3,(H,16,17). The maximum atomic E-state index is 11.2. The number of hydrogen-bond acceptors (Lipinski definition) is 2. The zero-order valence-corrected chi connectivity index (χ0v) is 11.0. The van der Waals surface area contributed by atoms with Crippen LogP contribution >= 0.6 is 0 Å². The number of benzene rings is 1. The molecule has 1 N–H and O–H groups in total. The summed E-state index contributed by atoms with van der Waals surface area (Å²) in [7, 11) is 1.66. The minimum atomic E-state index is -0.642. The first kappa shape index (κ1) is 12.9. The van der Waals surface area contributed by atoms with Crippen LogP contribution in [0.1, 0.15) is 30.4 Å². The summed E-state index contributed by atoms with van der Waals surface area (Å²) in [5.41, 5.74) is 2.35. The van der Waals surface area contributed by atoms with Gasteiger partial charge in [0.05, 0.1) is 13.0 Å². The monoisotopic (exact) mass is 248 g/mol. The van der Waals surface area contributed by atoms with Crippen LogP contribution in [0.5, 0.6) is 5.75 Å². The first-order valence-corrected chi connectivity index (χ1v) is 6.47. The summed E-state index contributed by atoms with van der Waals surface area (Å²) >= 11 is 0. The molecule has 3 nitrogen and oxygen atoms in total. The van der Waals surface area contributed by atoms with Gasteiger partial charge in [-0.1, -0.05) is 12.5 Å². The number of hydrogen-bond donors (Lipinski definition) is 1. The quantitative estimate of drug-likeness (QED) is 0.890. The first-order valence-electron chi connectivity index (χ1n) is 6.47. The van der Waals surface area contributed by atoms with E-state index in [1.165, 1.54) is 5.56 Å². The third kappa shape index (κ3) is 2.84. The van der Waals surface area contributed by atoms with Gasteiger partial charge >= 0.3 is 5.97 Å². The third-order valence-corrected chi connectivity index (χ3v) is 3.82. The predicted molar refractivity (Wildman–Crippen MR) is 69.9 cm³/mol. The molecule has 18 heavy (non-hydrogen) atoms. The highest BCUT2D eigenvalue weighted by atomic mass is 16.5. The zero-order valence-electron chi connectivity index (χ0n) is 11.0. The number of aliphatic carboxylic acids is 1. The number of carbonyl (C=O) groups is 1. The van der Waals surface area contributed by atoms with Gasteiger partial charge in [-0.05, 0) is 55.4 Å². The predicted octanol–water partition coefficient (Wildman–Crippen LogP) is 3.05. The maximum absolute atomic E-state index is 11.2. The van der Waals surface area contributed by atoms with Gasteiger partial charge in [0.2, 0.25) is 0 Å². The molecule has 2 rings (SSSR count). The number of carboxylic acids is 1. The molecular formula is C15H20O3. The van der Waals surface area contributed by atoms with Gasteiger partial charge in [0.1, 0.15) is 5.75 Å². The van der Waals surface area contributed by atoms with Crippen molar-refractivity contribution < 1.29 is 14.6 Å². The van der Waals surface area contributed by atoms with Crippen molar-refractivity contribution >= 4 is 5.97 Å². The van der Waals surface area contributed by atoms with Gasteiger partial charge in [0.25, 0.3) is 0 Å². The van der Waals surface area contributed by atoms with E-state index in [1.807, 2.05) is 19.1 Å². The molecule has 0 aromatic heterocycles. The normalized spacial score (nSPS) is 23.0. The fraction of sp³-hybridized carbons (Fsp3) is 0.533. The van der Waals surface area contributed by atoms with Gasteiger partial charge in [-0.15, -0.1) is 0 Å². The molecule has 0 amide bonds. The van der Waals surface area contributed by atoms with E-state index in [1.54, 1.807) is 7.11 Å². The van der Waals surface area contributed by atoms with Gasteiger partial charge in [0, 0.05) is 0 Å². The zero-order chi connectivity index (χ0) is 13.1. The fourth-order valence-electron chi connectivity index (χ4n) is 2.97. The molecule has 1 aliphatic carbocycles. The Bertz CT molecular complexity index is 439. The molecule has 1 saturated carbocycles. The first-order chi connectivity index (χ1) is 8.60. The third-order valence-electron chi connectivity index (χ3n) is 3.82. The molecule has 0 spiro atoms. The van der Waals surface area contributed by atoms with Gasteiger partial charge in [0.15, 0.2) is 0 Å². The van der Waals surface area contributed by atoms with Crippen molar-refractivity contribution in [1.29, 1.82) is 0 Å².